The minimum atomic E-state index is 0.0909. The average Bonchev–Trinajstić information content (AvgIpc) is 3.44. The Hall–Kier alpha value is -2.83. The van der Waals surface area contributed by atoms with Crippen molar-refractivity contribution in [2.45, 2.75) is 45.0 Å². The largest absolute Gasteiger partial charge is 0.462 e. The lowest BCUT2D eigenvalue weighted by Gasteiger charge is -2.22. The number of rotatable bonds is 7. The second-order valence-corrected chi connectivity index (χ2v) is 7.85. The average molecular weight is 406 g/mol. The van der Waals surface area contributed by atoms with E-state index >= 15 is 0 Å². The van der Waals surface area contributed by atoms with E-state index in [-0.39, 0.29) is 12.9 Å². The van der Waals surface area contributed by atoms with Gasteiger partial charge in [-0.2, -0.15) is 0 Å². The van der Waals surface area contributed by atoms with Crippen molar-refractivity contribution < 1.29 is 18.6 Å². The van der Waals surface area contributed by atoms with Crippen LogP contribution in [0.3, 0.4) is 0 Å². The van der Waals surface area contributed by atoms with E-state index in [2.05, 4.69) is 40.2 Å². The van der Waals surface area contributed by atoms with Crippen LogP contribution >= 0.6 is 0 Å². The van der Waals surface area contributed by atoms with Crippen LogP contribution in [0.1, 0.15) is 48.0 Å². The van der Waals surface area contributed by atoms with Crippen LogP contribution in [-0.4, -0.2) is 23.3 Å². The van der Waals surface area contributed by atoms with Gasteiger partial charge >= 0.3 is 0 Å². The molecule has 0 bridgehead atoms. The number of pyridine rings is 1. The molecule has 5 rings (SSSR count). The van der Waals surface area contributed by atoms with E-state index in [0.29, 0.717) is 6.54 Å². The van der Waals surface area contributed by atoms with E-state index in [1.807, 2.05) is 18.3 Å². The summed E-state index contributed by atoms with van der Waals surface area (Å²) in [5, 5.41) is 0. The second kappa shape index (κ2) is 8.90. The Morgan fingerprint density at radius 1 is 0.933 bits per heavy atom. The third-order valence-electron chi connectivity index (χ3n) is 5.53. The Kier molecular flexibility index (Phi) is 5.68. The first-order chi connectivity index (χ1) is 14.8. The summed E-state index contributed by atoms with van der Waals surface area (Å²) in [6.07, 6.45) is 7.16. The van der Waals surface area contributed by atoms with Crippen LogP contribution in [0.25, 0.3) is 0 Å². The highest BCUT2D eigenvalue weighted by Gasteiger charge is 2.21. The van der Waals surface area contributed by atoms with Gasteiger partial charge in [-0.3, -0.25) is 9.88 Å². The molecule has 0 N–H and O–H groups in total. The maximum Gasteiger partial charge on any atom is 0.231 e. The minimum absolute atomic E-state index is 0.0909. The van der Waals surface area contributed by atoms with Crippen molar-refractivity contribution in [3.8, 4) is 11.5 Å². The van der Waals surface area contributed by atoms with Crippen molar-refractivity contribution >= 4 is 0 Å². The first-order valence-corrected chi connectivity index (χ1v) is 10.5. The lowest BCUT2D eigenvalue weighted by molar-refractivity contribution is 0.000783. The zero-order valence-electron chi connectivity index (χ0n) is 17.0. The van der Waals surface area contributed by atoms with Crippen LogP contribution in [0.5, 0.6) is 11.5 Å². The molecular weight excluding hydrogens is 380 g/mol. The van der Waals surface area contributed by atoms with Gasteiger partial charge in [0.1, 0.15) is 17.6 Å². The van der Waals surface area contributed by atoms with Crippen molar-refractivity contribution in [1.82, 2.24) is 9.88 Å². The predicted octanol–water partition coefficient (Wildman–Crippen LogP) is 4.85. The van der Waals surface area contributed by atoms with Crippen LogP contribution in [0.4, 0.5) is 0 Å². The highest BCUT2D eigenvalue weighted by Crippen LogP contribution is 2.33. The third-order valence-corrected chi connectivity index (χ3v) is 5.53. The fraction of sp³-hybridized carbons (Fsp3) is 0.375. The molecule has 2 aliphatic heterocycles. The predicted molar refractivity (Wildman–Crippen MR) is 111 cm³/mol. The number of benzene rings is 1. The van der Waals surface area contributed by atoms with E-state index in [1.54, 1.807) is 6.20 Å². The Morgan fingerprint density at radius 3 is 2.73 bits per heavy atom. The fourth-order valence-corrected chi connectivity index (χ4v) is 4.05. The van der Waals surface area contributed by atoms with Crippen LogP contribution in [-0.2, 0) is 24.4 Å². The zero-order valence-corrected chi connectivity index (χ0v) is 17.0. The van der Waals surface area contributed by atoms with Gasteiger partial charge in [0.25, 0.3) is 0 Å². The number of fused-ring (bicyclic) bond motifs is 1. The van der Waals surface area contributed by atoms with E-state index in [1.165, 1.54) is 17.5 Å². The maximum atomic E-state index is 6.18. The Balaban J connectivity index is 1.32. The summed E-state index contributed by atoms with van der Waals surface area (Å²) in [5.74, 6) is 3.50. The first kappa shape index (κ1) is 19.2. The van der Waals surface area contributed by atoms with Gasteiger partial charge in [-0.1, -0.05) is 12.1 Å². The van der Waals surface area contributed by atoms with Crippen molar-refractivity contribution in [1.29, 1.82) is 0 Å². The first-order valence-electron chi connectivity index (χ1n) is 10.5. The summed E-state index contributed by atoms with van der Waals surface area (Å²) in [7, 11) is 0. The van der Waals surface area contributed by atoms with E-state index in [9.17, 15) is 0 Å². The molecule has 6 nitrogen and oxygen atoms in total. The van der Waals surface area contributed by atoms with E-state index < -0.39 is 0 Å². The molecule has 0 aliphatic carbocycles. The molecule has 1 saturated heterocycles. The summed E-state index contributed by atoms with van der Waals surface area (Å²) < 4.78 is 23.0. The zero-order chi connectivity index (χ0) is 20.2. The van der Waals surface area contributed by atoms with Gasteiger partial charge in [-0.25, -0.2) is 0 Å². The molecule has 30 heavy (non-hydrogen) atoms. The molecule has 2 aromatic heterocycles. The van der Waals surface area contributed by atoms with Crippen LogP contribution in [0, 0.1) is 0 Å². The van der Waals surface area contributed by atoms with Gasteiger partial charge in [0.05, 0.1) is 6.54 Å². The number of ether oxygens (including phenoxy) is 3. The lowest BCUT2D eigenvalue weighted by atomic mass is 10.1. The molecule has 1 aromatic carbocycles. The van der Waals surface area contributed by atoms with Gasteiger partial charge in [0, 0.05) is 32.1 Å². The monoisotopic (exact) mass is 406 g/mol. The smallest absolute Gasteiger partial charge is 0.231 e. The van der Waals surface area contributed by atoms with E-state index in [0.717, 1.165) is 55.6 Å². The summed E-state index contributed by atoms with van der Waals surface area (Å²) in [6.45, 7) is 3.35. The minimum Gasteiger partial charge on any atom is -0.462 e. The molecule has 0 spiro atoms. The second-order valence-electron chi connectivity index (χ2n) is 7.85. The molecule has 0 saturated carbocycles. The maximum absolute atomic E-state index is 6.18. The van der Waals surface area contributed by atoms with Crippen molar-refractivity contribution in [3.05, 3.63) is 77.5 Å². The molecule has 156 valence electrons. The number of hydrogen-bond acceptors (Lipinski definition) is 6. The van der Waals surface area contributed by atoms with Crippen molar-refractivity contribution in [2.75, 3.05) is 13.4 Å². The van der Waals surface area contributed by atoms with Crippen LogP contribution in [0.2, 0.25) is 0 Å². The molecule has 2 aliphatic rings. The molecule has 1 atom stereocenters. The standard InChI is InChI=1S/C24H26N2O4/c1-2-11-27-21(5-1)23-9-7-20(30-23)16-26(15-19-4-3-10-25-13-19)14-18-6-8-22-24(12-18)29-17-28-22/h3-4,6-10,12-13,21H,1-2,5,11,14-17H2. The topological polar surface area (TPSA) is 57.0 Å². The lowest BCUT2D eigenvalue weighted by Crippen LogP contribution is -2.22. The molecule has 1 fully saturated rings. The SMILES string of the molecule is c1cncc(CN(Cc2ccc3c(c2)OCO3)Cc2ccc(C3CCCCO3)o2)c1. The summed E-state index contributed by atoms with van der Waals surface area (Å²) in [6, 6.07) is 14.3. The van der Waals surface area contributed by atoms with Gasteiger partial charge in [-0.05, 0) is 60.7 Å². The molecular formula is C24H26N2O4. The fourth-order valence-electron chi connectivity index (χ4n) is 4.05. The quantitative estimate of drug-likeness (QED) is 0.559. The molecule has 1 unspecified atom stereocenters. The van der Waals surface area contributed by atoms with Crippen molar-refractivity contribution in [3.63, 3.8) is 0 Å². The van der Waals surface area contributed by atoms with E-state index in [4.69, 9.17) is 18.6 Å². The van der Waals surface area contributed by atoms with Crippen molar-refractivity contribution in [2.24, 2.45) is 0 Å². The van der Waals surface area contributed by atoms with Gasteiger partial charge in [-0.15, -0.1) is 0 Å². The summed E-state index contributed by atoms with van der Waals surface area (Å²) in [4.78, 5) is 6.61. The molecule has 4 heterocycles. The van der Waals surface area contributed by atoms with Crippen LogP contribution in [0.15, 0.2) is 59.3 Å². The summed E-state index contributed by atoms with van der Waals surface area (Å²) in [5.41, 5.74) is 2.34. The Labute approximate surface area is 176 Å². The highest BCUT2D eigenvalue weighted by atomic mass is 16.7. The number of hydrogen-bond donors (Lipinski definition) is 0. The Morgan fingerprint density at radius 2 is 1.87 bits per heavy atom. The van der Waals surface area contributed by atoms with Gasteiger partial charge in [0.15, 0.2) is 11.5 Å². The third kappa shape index (κ3) is 4.50. The summed E-state index contributed by atoms with van der Waals surface area (Å²) >= 11 is 0. The number of aromatic nitrogens is 1. The number of nitrogens with zero attached hydrogens (tertiary/aromatic N) is 2. The normalized spacial score (nSPS) is 18.1. The van der Waals surface area contributed by atoms with Gasteiger partial charge < -0.3 is 18.6 Å². The molecule has 0 amide bonds. The molecule has 0 radical (unpaired) electrons. The highest BCUT2D eigenvalue weighted by molar-refractivity contribution is 5.44. The molecule has 6 heteroatoms. The van der Waals surface area contributed by atoms with Gasteiger partial charge in [0.2, 0.25) is 6.79 Å². The number of furan rings is 1. The van der Waals surface area contributed by atoms with Crippen LogP contribution < -0.4 is 9.47 Å². The Bertz CT molecular complexity index is 966. The molecule has 3 aromatic rings.